The first kappa shape index (κ1) is 24.6. The average Bonchev–Trinajstić information content (AvgIpc) is 3.19. The number of rotatable bonds is 5. The number of benzene rings is 2. The van der Waals surface area contributed by atoms with E-state index in [0.29, 0.717) is 29.7 Å². The van der Waals surface area contributed by atoms with E-state index < -0.39 is 11.9 Å². The fraction of sp³-hybridized carbons (Fsp3) is 0.308. The summed E-state index contributed by atoms with van der Waals surface area (Å²) in [6.07, 6.45) is 0.975. The van der Waals surface area contributed by atoms with Gasteiger partial charge < -0.3 is 10.6 Å². The van der Waals surface area contributed by atoms with Crippen LogP contribution in [0.4, 0.5) is 4.39 Å². The summed E-state index contributed by atoms with van der Waals surface area (Å²) in [5.41, 5.74) is 4.36. The fourth-order valence-electron chi connectivity index (χ4n) is 4.03. The van der Waals surface area contributed by atoms with Gasteiger partial charge in [-0.3, -0.25) is 19.5 Å². The molecule has 2 aromatic carbocycles. The third kappa shape index (κ3) is 5.67. The quantitative estimate of drug-likeness (QED) is 0.528. The summed E-state index contributed by atoms with van der Waals surface area (Å²) >= 11 is 0. The molecule has 0 saturated carbocycles. The van der Waals surface area contributed by atoms with Gasteiger partial charge in [0.1, 0.15) is 11.9 Å². The fourth-order valence-corrected chi connectivity index (χ4v) is 4.03. The lowest BCUT2D eigenvalue weighted by molar-refractivity contribution is -0.132. The molecule has 1 aliphatic heterocycles. The topological polar surface area (TPSA) is 97.6 Å². The monoisotopic (exact) mass is 461 g/mol. The van der Waals surface area contributed by atoms with Crippen molar-refractivity contribution in [2.45, 2.75) is 45.8 Å². The number of halogens is 1. The van der Waals surface area contributed by atoms with Gasteiger partial charge in [0, 0.05) is 25.8 Å². The van der Waals surface area contributed by atoms with E-state index in [-0.39, 0.29) is 30.6 Å². The van der Waals surface area contributed by atoms with Gasteiger partial charge in [0.15, 0.2) is 5.84 Å². The molecular weight excluding hydrogens is 433 g/mol. The van der Waals surface area contributed by atoms with Gasteiger partial charge in [0.2, 0.25) is 5.91 Å². The van der Waals surface area contributed by atoms with Crippen LogP contribution in [0.3, 0.4) is 0 Å². The summed E-state index contributed by atoms with van der Waals surface area (Å²) in [5, 5.41) is 14.9. The minimum absolute atomic E-state index is 0.0747. The Morgan fingerprint density at radius 1 is 1.21 bits per heavy atom. The SMILES string of the molecule is C=C1CCC(C(=O)NCc2ccc(C#N)cc2C)N1C(=O)C(=NC)NCc1cc(C)cc(F)c1. The van der Waals surface area contributed by atoms with Crippen molar-refractivity contribution in [1.29, 1.82) is 5.26 Å². The standard InChI is InChI=1S/C26H28FN5O2/c1-16-9-20(12-22(27)10-16)14-30-24(29-4)26(34)32-18(3)5-8-23(32)25(33)31-15-21-7-6-19(13-28)11-17(21)2/h6-7,9-12,23H,3,5,8,14-15H2,1-2,4H3,(H,29,30)(H,31,33). The first-order chi connectivity index (χ1) is 16.2. The van der Waals surface area contributed by atoms with Crippen LogP contribution in [-0.4, -0.2) is 35.6 Å². The average molecular weight is 462 g/mol. The van der Waals surface area contributed by atoms with Gasteiger partial charge in [-0.05, 0) is 73.2 Å². The number of aliphatic imine (C=N–C) groups is 1. The largest absolute Gasteiger partial charge is 0.362 e. The van der Waals surface area contributed by atoms with E-state index in [1.54, 1.807) is 19.1 Å². The van der Waals surface area contributed by atoms with Gasteiger partial charge in [-0.2, -0.15) is 5.26 Å². The van der Waals surface area contributed by atoms with E-state index in [2.05, 4.69) is 28.3 Å². The highest BCUT2D eigenvalue weighted by Crippen LogP contribution is 2.27. The van der Waals surface area contributed by atoms with E-state index in [1.807, 2.05) is 19.1 Å². The molecule has 2 aromatic rings. The Kier molecular flexibility index (Phi) is 7.79. The number of carbonyl (C=O) groups excluding carboxylic acids is 2. The van der Waals surface area contributed by atoms with E-state index in [0.717, 1.165) is 16.7 Å². The maximum absolute atomic E-state index is 13.7. The Labute approximate surface area is 199 Å². The molecule has 34 heavy (non-hydrogen) atoms. The Morgan fingerprint density at radius 2 is 1.97 bits per heavy atom. The van der Waals surface area contributed by atoms with Crippen LogP contribution < -0.4 is 10.6 Å². The smallest absolute Gasteiger partial charge is 0.293 e. The lowest BCUT2D eigenvalue weighted by Gasteiger charge is -2.25. The molecule has 0 spiro atoms. The van der Waals surface area contributed by atoms with Crippen molar-refractivity contribution in [3.05, 3.63) is 82.3 Å². The van der Waals surface area contributed by atoms with Crippen LogP contribution in [0.2, 0.25) is 0 Å². The molecule has 176 valence electrons. The first-order valence-electron chi connectivity index (χ1n) is 11.0. The molecule has 1 saturated heterocycles. The number of nitrogens with one attached hydrogen (secondary N) is 2. The van der Waals surface area contributed by atoms with Crippen molar-refractivity contribution in [1.82, 2.24) is 15.5 Å². The summed E-state index contributed by atoms with van der Waals surface area (Å²) in [5.74, 6) is -1.01. The second kappa shape index (κ2) is 10.8. The van der Waals surface area contributed by atoms with Crippen molar-refractivity contribution >= 4 is 17.6 Å². The number of nitriles is 1. The van der Waals surface area contributed by atoms with Crippen molar-refractivity contribution in [3.63, 3.8) is 0 Å². The zero-order valence-corrected chi connectivity index (χ0v) is 19.6. The van der Waals surface area contributed by atoms with Gasteiger partial charge in [-0.1, -0.05) is 18.7 Å². The summed E-state index contributed by atoms with van der Waals surface area (Å²) in [6, 6.07) is 11.3. The van der Waals surface area contributed by atoms with E-state index in [9.17, 15) is 14.0 Å². The Bertz CT molecular complexity index is 1180. The predicted octanol–water partition coefficient (Wildman–Crippen LogP) is 3.25. The summed E-state index contributed by atoms with van der Waals surface area (Å²) in [6.45, 7) is 8.14. The number of aryl methyl sites for hydroxylation is 2. The minimum Gasteiger partial charge on any atom is -0.362 e. The molecule has 0 aliphatic carbocycles. The number of hydrogen-bond acceptors (Lipinski definition) is 4. The Morgan fingerprint density at radius 3 is 2.62 bits per heavy atom. The molecule has 1 fully saturated rings. The van der Waals surface area contributed by atoms with Crippen molar-refractivity contribution < 1.29 is 14.0 Å². The number of carbonyl (C=O) groups is 2. The van der Waals surface area contributed by atoms with Crippen molar-refractivity contribution in [2.24, 2.45) is 4.99 Å². The van der Waals surface area contributed by atoms with E-state index in [1.165, 1.54) is 24.1 Å². The molecule has 2 N–H and O–H groups in total. The summed E-state index contributed by atoms with van der Waals surface area (Å²) in [4.78, 5) is 31.7. The molecule has 7 nitrogen and oxygen atoms in total. The number of amides is 2. The normalized spacial score (nSPS) is 15.7. The molecule has 0 aromatic heterocycles. The third-order valence-electron chi connectivity index (χ3n) is 5.79. The van der Waals surface area contributed by atoms with Crippen LogP contribution in [0.1, 0.15) is 40.7 Å². The predicted molar refractivity (Wildman–Crippen MR) is 128 cm³/mol. The Balaban J connectivity index is 1.67. The maximum Gasteiger partial charge on any atom is 0.293 e. The second-order valence-electron chi connectivity index (χ2n) is 8.33. The van der Waals surface area contributed by atoms with Gasteiger partial charge in [-0.15, -0.1) is 0 Å². The first-order valence-corrected chi connectivity index (χ1v) is 11.0. The highest BCUT2D eigenvalue weighted by Gasteiger charge is 2.38. The second-order valence-corrected chi connectivity index (χ2v) is 8.33. The zero-order valence-electron chi connectivity index (χ0n) is 19.6. The number of hydrogen-bond donors (Lipinski definition) is 2. The molecule has 8 heteroatoms. The highest BCUT2D eigenvalue weighted by molar-refractivity contribution is 6.38. The summed E-state index contributed by atoms with van der Waals surface area (Å²) in [7, 11) is 1.48. The number of likely N-dealkylation sites (tertiary alicyclic amines) is 1. The maximum atomic E-state index is 13.7. The molecule has 2 amide bonds. The molecule has 3 rings (SSSR count). The van der Waals surface area contributed by atoms with Gasteiger partial charge in [0.05, 0.1) is 11.6 Å². The third-order valence-corrected chi connectivity index (χ3v) is 5.79. The van der Waals surface area contributed by atoms with Crippen LogP contribution in [0.15, 0.2) is 53.7 Å². The molecular formula is C26H28FN5O2. The van der Waals surface area contributed by atoms with Crippen LogP contribution in [0.5, 0.6) is 0 Å². The van der Waals surface area contributed by atoms with Crippen LogP contribution in [0.25, 0.3) is 0 Å². The van der Waals surface area contributed by atoms with Crippen LogP contribution in [-0.2, 0) is 22.7 Å². The molecule has 0 radical (unpaired) electrons. The van der Waals surface area contributed by atoms with Gasteiger partial charge in [0.25, 0.3) is 5.91 Å². The van der Waals surface area contributed by atoms with E-state index >= 15 is 0 Å². The van der Waals surface area contributed by atoms with Crippen LogP contribution >= 0.6 is 0 Å². The molecule has 1 atom stereocenters. The molecule has 0 bridgehead atoms. The zero-order chi connectivity index (χ0) is 24.8. The van der Waals surface area contributed by atoms with Gasteiger partial charge >= 0.3 is 0 Å². The highest BCUT2D eigenvalue weighted by atomic mass is 19.1. The Hall–Kier alpha value is -3.99. The lowest BCUT2D eigenvalue weighted by atomic mass is 10.1. The molecule has 1 unspecified atom stereocenters. The molecule has 1 aliphatic rings. The number of amidine groups is 1. The van der Waals surface area contributed by atoms with E-state index in [4.69, 9.17) is 5.26 Å². The van der Waals surface area contributed by atoms with Crippen LogP contribution in [0, 0.1) is 31.0 Å². The number of nitrogens with zero attached hydrogens (tertiary/aromatic N) is 3. The van der Waals surface area contributed by atoms with Crippen molar-refractivity contribution in [3.8, 4) is 6.07 Å². The minimum atomic E-state index is -0.700. The lowest BCUT2D eigenvalue weighted by Crippen LogP contribution is -2.49. The van der Waals surface area contributed by atoms with Gasteiger partial charge in [-0.25, -0.2) is 4.39 Å². The van der Waals surface area contributed by atoms with Crippen molar-refractivity contribution in [2.75, 3.05) is 7.05 Å². The molecule has 1 heterocycles. The summed E-state index contributed by atoms with van der Waals surface area (Å²) < 4.78 is 13.7. The number of allylic oxidation sites excluding steroid dienone is 1.